The predicted molar refractivity (Wildman–Crippen MR) is 139 cm³/mol. The average molecular weight is 562 g/mol. The standard InChI is InChI=1S/C26H25Cl2N3O7/c1-30-11-17(38-25(30)35)12-37-16-9-18(27)20-19(10-16)31(2)22(21(20)28)23(32)29-26(7-8-36-13-26)15-5-3-14(4-6-15)24(33)34/h3-6,9-10,17H,7-8,11-13H2,1-2H3,(H,29,32)(H,33,34). The van der Waals surface area contributed by atoms with E-state index in [9.17, 15) is 19.5 Å². The van der Waals surface area contributed by atoms with Gasteiger partial charge in [0, 0.05) is 38.6 Å². The number of aromatic carboxylic acids is 1. The molecule has 2 N–H and O–H groups in total. The first-order chi connectivity index (χ1) is 18.1. The molecule has 38 heavy (non-hydrogen) atoms. The van der Waals surface area contributed by atoms with Crippen LogP contribution in [0.4, 0.5) is 4.79 Å². The third-order valence-electron chi connectivity index (χ3n) is 6.93. The van der Waals surface area contributed by atoms with Crippen molar-refractivity contribution in [3.05, 3.63) is 63.3 Å². The van der Waals surface area contributed by atoms with Gasteiger partial charge in [-0.1, -0.05) is 35.3 Å². The molecule has 2 aliphatic rings. The number of carbonyl (C=O) groups is 3. The van der Waals surface area contributed by atoms with E-state index in [0.717, 1.165) is 5.56 Å². The summed E-state index contributed by atoms with van der Waals surface area (Å²) in [6.07, 6.45) is -0.304. The van der Waals surface area contributed by atoms with Crippen molar-refractivity contribution in [3.63, 3.8) is 0 Å². The summed E-state index contributed by atoms with van der Waals surface area (Å²) in [6, 6.07) is 9.69. The number of hydrogen-bond acceptors (Lipinski definition) is 6. The predicted octanol–water partition coefficient (Wildman–Crippen LogP) is 4.06. The van der Waals surface area contributed by atoms with Crippen LogP contribution in [0.1, 0.15) is 32.8 Å². The second-order valence-electron chi connectivity index (χ2n) is 9.44. The number of carboxylic acids is 1. The topological polar surface area (TPSA) is 119 Å². The molecule has 10 nitrogen and oxygen atoms in total. The normalized spacial score (nSPS) is 21.1. The van der Waals surface area contributed by atoms with E-state index in [1.807, 2.05) is 0 Å². The molecule has 200 valence electrons. The summed E-state index contributed by atoms with van der Waals surface area (Å²) >= 11 is 13.3. The number of fused-ring (bicyclic) bond motifs is 1. The van der Waals surface area contributed by atoms with Crippen molar-refractivity contribution < 1.29 is 33.7 Å². The Morgan fingerprint density at radius 1 is 1.21 bits per heavy atom. The molecule has 2 saturated heterocycles. The van der Waals surface area contributed by atoms with Gasteiger partial charge in [0.2, 0.25) is 0 Å². The van der Waals surface area contributed by atoms with E-state index in [1.165, 1.54) is 17.0 Å². The number of carbonyl (C=O) groups excluding carboxylic acids is 2. The number of amides is 2. The molecule has 2 fully saturated rings. The third kappa shape index (κ3) is 4.63. The van der Waals surface area contributed by atoms with Gasteiger partial charge in [-0.25, -0.2) is 9.59 Å². The van der Waals surface area contributed by atoms with Crippen LogP contribution in [0, 0.1) is 0 Å². The van der Waals surface area contributed by atoms with Crippen LogP contribution < -0.4 is 10.1 Å². The first kappa shape index (κ1) is 26.1. The molecular formula is C26H25Cl2N3O7. The number of aryl methyl sites for hydroxylation is 1. The van der Waals surface area contributed by atoms with Crippen LogP contribution in [0.2, 0.25) is 10.0 Å². The van der Waals surface area contributed by atoms with Gasteiger partial charge < -0.3 is 34.1 Å². The molecule has 2 amide bonds. The van der Waals surface area contributed by atoms with E-state index in [-0.39, 0.29) is 29.5 Å². The van der Waals surface area contributed by atoms with E-state index >= 15 is 0 Å². The lowest BCUT2D eigenvalue weighted by molar-refractivity contribution is 0.0695. The van der Waals surface area contributed by atoms with Gasteiger partial charge in [-0.3, -0.25) is 4.79 Å². The van der Waals surface area contributed by atoms with Crippen LogP contribution in [0.15, 0.2) is 36.4 Å². The van der Waals surface area contributed by atoms with Crippen molar-refractivity contribution in [2.24, 2.45) is 7.05 Å². The minimum Gasteiger partial charge on any atom is -0.490 e. The Bertz CT molecular complexity index is 1430. The van der Waals surface area contributed by atoms with Gasteiger partial charge in [0.1, 0.15) is 18.1 Å². The molecule has 0 aliphatic carbocycles. The van der Waals surface area contributed by atoms with Crippen molar-refractivity contribution in [2.45, 2.75) is 18.1 Å². The number of hydrogen-bond donors (Lipinski definition) is 2. The van der Waals surface area contributed by atoms with Crippen molar-refractivity contribution in [1.82, 2.24) is 14.8 Å². The first-order valence-corrected chi connectivity index (χ1v) is 12.6. The van der Waals surface area contributed by atoms with Crippen LogP contribution in [-0.2, 0) is 22.1 Å². The minimum absolute atomic E-state index is 0.145. The third-order valence-corrected chi connectivity index (χ3v) is 7.60. The molecule has 12 heteroatoms. The van der Waals surface area contributed by atoms with Gasteiger partial charge >= 0.3 is 12.1 Å². The van der Waals surface area contributed by atoms with Crippen LogP contribution in [-0.4, -0.2) is 72.1 Å². The fraction of sp³-hybridized carbons (Fsp3) is 0.346. The number of likely N-dealkylation sites (N-methyl/N-ethyl adjacent to an activating group) is 1. The lowest BCUT2D eigenvalue weighted by Crippen LogP contribution is -2.47. The SMILES string of the molecule is CN1CC(COc2cc(Cl)c3c(Cl)c(C(=O)NC4(c5ccc(C(=O)O)cc5)CCOC4)n(C)c3c2)OC1=O. The Morgan fingerprint density at radius 3 is 2.55 bits per heavy atom. The van der Waals surface area contributed by atoms with Crippen LogP contribution in [0.5, 0.6) is 5.75 Å². The molecule has 0 bridgehead atoms. The summed E-state index contributed by atoms with van der Waals surface area (Å²) in [5, 5.41) is 13.3. The molecule has 0 radical (unpaired) electrons. The maximum Gasteiger partial charge on any atom is 0.410 e. The summed E-state index contributed by atoms with van der Waals surface area (Å²) in [7, 11) is 3.35. The number of benzene rings is 2. The van der Waals surface area contributed by atoms with E-state index in [2.05, 4.69) is 5.32 Å². The van der Waals surface area contributed by atoms with Crippen LogP contribution in [0.3, 0.4) is 0 Å². The van der Waals surface area contributed by atoms with Gasteiger partial charge in [0.05, 0.1) is 39.8 Å². The second kappa shape index (κ2) is 10.0. The summed E-state index contributed by atoms with van der Waals surface area (Å²) in [5.74, 6) is -1.02. The maximum atomic E-state index is 13.6. The molecule has 2 atom stereocenters. The quantitative estimate of drug-likeness (QED) is 0.446. The first-order valence-electron chi connectivity index (χ1n) is 11.9. The summed E-state index contributed by atoms with van der Waals surface area (Å²) in [4.78, 5) is 38.0. The Balaban J connectivity index is 1.42. The van der Waals surface area contributed by atoms with E-state index < -0.39 is 29.6 Å². The zero-order valence-electron chi connectivity index (χ0n) is 20.6. The van der Waals surface area contributed by atoms with Crippen molar-refractivity contribution in [2.75, 3.05) is 33.4 Å². The van der Waals surface area contributed by atoms with Crippen molar-refractivity contribution >= 4 is 52.1 Å². The monoisotopic (exact) mass is 561 g/mol. The van der Waals surface area contributed by atoms with Gasteiger partial charge in [0.15, 0.2) is 6.10 Å². The van der Waals surface area contributed by atoms with E-state index in [4.69, 9.17) is 37.4 Å². The number of carboxylic acid groups (broad SMARTS) is 1. The highest BCUT2D eigenvalue weighted by Crippen LogP contribution is 2.39. The van der Waals surface area contributed by atoms with Gasteiger partial charge in [-0.05, 0) is 23.8 Å². The molecule has 0 spiro atoms. The highest BCUT2D eigenvalue weighted by Gasteiger charge is 2.40. The largest absolute Gasteiger partial charge is 0.490 e. The molecule has 3 aromatic rings. The van der Waals surface area contributed by atoms with Crippen molar-refractivity contribution in [1.29, 1.82) is 0 Å². The number of aromatic nitrogens is 1. The lowest BCUT2D eigenvalue weighted by atomic mass is 9.88. The highest BCUT2D eigenvalue weighted by molar-refractivity contribution is 6.44. The molecule has 2 aliphatic heterocycles. The highest BCUT2D eigenvalue weighted by atomic mass is 35.5. The molecule has 5 rings (SSSR count). The summed E-state index contributed by atoms with van der Waals surface area (Å²) in [6.45, 7) is 1.22. The number of nitrogens with zero attached hydrogens (tertiary/aromatic N) is 2. The fourth-order valence-electron chi connectivity index (χ4n) is 4.87. The summed E-state index contributed by atoms with van der Waals surface area (Å²) in [5.41, 5.74) is 0.829. The van der Waals surface area contributed by atoms with Crippen LogP contribution >= 0.6 is 23.2 Å². The molecule has 3 heterocycles. The van der Waals surface area contributed by atoms with Gasteiger partial charge in [-0.2, -0.15) is 0 Å². The summed E-state index contributed by atoms with van der Waals surface area (Å²) < 4.78 is 18.3. The smallest absolute Gasteiger partial charge is 0.410 e. The Kier molecular flexibility index (Phi) is 6.89. The van der Waals surface area contributed by atoms with Gasteiger partial charge in [0.25, 0.3) is 5.91 Å². The maximum absolute atomic E-state index is 13.6. The lowest BCUT2D eigenvalue weighted by Gasteiger charge is -2.29. The molecular weight excluding hydrogens is 537 g/mol. The number of ether oxygens (including phenoxy) is 3. The molecule has 1 aromatic heterocycles. The number of halogens is 2. The van der Waals surface area contributed by atoms with Crippen molar-refractivity contribution in [3.8, 4) is 5.75 Å². The second-order valence-corrected chi connectivity index (χ2v) is 10.2. The van der Waals surface area contributed by atoms with Gasteiger partial charge in [-0.15, -0.1) is 0 Å². The fourth-order valence-corrected chi connectivity index (χ4v) is 5.63. The number of rotatable bonds is 7. The number of nitrogens with one attached hydrogen (secondary N) is 1. The average Bonchev–Trinajstić information content (AvgIpc) is 3.55. The van der Waals surface area contributed by atoms with Crippen LogP contribution in [0.25, 0.3) is 10.9 Å². The van der Waals surface area contributed by atoms with E-state index in [0.29, 0.717) is 41.2 Å². The molecule has 2 unspecified atom stereocenters. The Hall–Kier alpha value is -3.47. The molecule has 0 saturated carbocycles. The minimum atomic E-state index is -1.03. The zero-order valence-corrected chi connectivity index (χ0v) is 22.1. The Labute approximate surface area is 227 Å². The van der Waals surface area contributed by atoms with E-state index in [1.54, 1.807) is 42.9 Å². The molecule has 2 aromatic carbocycles. The zero-order chi connectivity index (χ0) is 27.2. The number of cyclic esters (lactones) is 1. The Morgan fingerprint density at radius 2 is 1.95 bits per heavy atom.